The first-order valence-corrected chi connectivity index (χ1v) is 7.48. The van der Waals surface area contributed by atoms with Gasteiger partial charge in [0, 0.05) is 19.4 Å². The zero-order valence-electron chi connectivity index (χ0n) is 12.4. The predicted octanol–water partition coefficient (Wildman–Crippen LogP) is 1.95. The van der Waals surface area contributed by atoms with E-state index in [1.807, 2.05) is 0 Å². The number of hydrogen-bond donors (Lipinski definition) is 2. The van der Waals surface area contributed by atoms with Crippen molar-refractivity contribution in [3.05, 3.63) is 0 Å². The molecular weight excluding hydrogens is 258 g/mol. The van der Waals surface area contributed by atoms with Crippen LogP contribution in [0.5, 0.6) is 0 Å². The SMILES string of the molecule is CC1(C)CCCCC1CC(=O)NC1(C(=O)O)CCOC1. The molecule has 0 aromatic rings. The van der Waals surface area contributed by atoms with Gasteiger partial charge < -0.3 is 15.2 Å². The van der Waals surface area contributed by atoms with Crippen molar-refractivity contribution in [3.8, 4) is 0 Å². The van der Waals surface area contributed by atoms with Gasteiger partial charge in [-0.25, -0.2) is 4.79 Å². The summed E-state index contributed by atoms with van der Waals surface area (Å²) < 4.78 is 5.16. The molecule has 1 saturated heterocycles. The van der Waals surface area contributed by atoms with Crippen molar-refractivity contribution in [2.45, 2.75) is 57.9 Å². The largest absolute Gasteiger partial charge is 0.479 e. The van der Waals surface area contributed by atoms with Gasteiger partial charge in [0.25, 0.3) is 0 Å². The molecule has 2 aliphatic rings. The first-order chi connectivity index (χ1) is 9.36. The zero-order chi connectivity index (χ0) is 14.8. The van der Waals surface area contributed by atoms with Gasteiger partial charge in [-0.05, 0) is 24.2 Å². The molecule has 2 unspecified atom stereocenters. The molecule has 1 heterocycles. The third-order valence-corrected chi connectivity index (χ3v) is 4.97. The van der Waals surface area contributed by atoms with E-state index in [9.17, 15) is 14.7 Å². The summed E-state index contributed by atoms with van der Waals surface area (Å²) in [5, 5.41) is 12.0. The lowest BCUT2D eigenvalue weighted by Crippen LogP contribution is -2.55. The summed E-state index contributed by atoms with van der Waals surface area (Å²) in [5.74, 6) is -0.812. The van der Waals surface area contributed by atoms with Crippen molar-refractivity contribution >= 4 is 11.9 Å². The number of carbonyl (C=O) groups excluding carboxylic acids is 1. The van der Waals surface area contributed by atoms with E-state index in [4.69, 9.17) is 4.74 Å². The van der Waals surface area contributed by atoms with Crippen LogP contribution < -0.4 is 5.32 Å². The van der Waals surface area contributed by atoms with Crippen LogP contribution in [-0.4, -0.2) is 35.7 Å². The number of carbonyl (C=O) groups is 2. The Morgan fingerprint density at radius 3 is 2.60 bits per heavy atom. The van der Waals surface area contributed by atoms with E-state index in [2.05, 4.69) is 19.2 Å². The van der Waals surface area contributed by atoms with Crippen molar-refractivity contribution in [1.29, 1.82) is 0 Å². The number of aliphatic carboxylic acids is 1. The quantitative estimate of drug-likeness (QED) is 0.827. The lowest BCUT2D eigenvalue weighted by Gasteiger charge is -2.38. The molecule has 2 rings (SSSR count). The number of carboxylic acids is 1. The molecular formula is C15H25NO4. The molecule has 20 heavy (non-hydrogen) atoms. The van der Waals surface area contributed by atoms with Crippen LogP contribution in [0.25, 0.3) is 0 Å². The van der Waals surface area contributed by atoms with Crippen molar-refractivity contribution < 1.29 is 19.4 Å². The Morgan fingerprint density at radius 1 is 1.30 bits per heavy atom. The van der Waals surface area contributed by atoms with Crippen molar-refractivity contribution in [3.63, 3.8) is 0 Å². The first-order valence-electron chi connectivity index (χ1n) is 7.48. The molecule has 2 N–H and O–H groups in total. The van der Waals surface area contributed by atoms with E-state index in [0.29, 0.717) is 25.4 Å². The van der Waals surface area contributed by atoms with E-state index >= 15 is 0 Å². The van der Waals surface area contributed by atoms with Gasteiger partial charge in [0.1, 0.15) is 0 Å². The Morgan fingerprint density at radius 2 is 2.05 bits per heavy atom. The van der Waals surface area contributed by atoms with Gasteiger partial charge >= 0.3 is 5.97 Å². The van der Waals surface area contributed by atoms with Crippen LogP contribution in [0, 0.1) is 11.3 Å². The minimum Gasteiger partial charge on any atom is -0.479 e. The second kappa shape index (κ2) is 5.72. The fourth-order valence-corrected chi connectivity index (χ4v) is 3.37. The summed E-state index contributed by atoms with van der Waals surface area (Å²) in [6.45, 7) is 4.87. The van der Waals surface area contributed by atoms with E-state index in [0.717, 1.165) is 19.3 Å². The van der Waals surface area contributed by atoms with Crippen molar-refractivity contribution in [2.75, 3.05) is 13.2 Å². The highest BCUT2D eigenvalue weighted by Crippen LogP contribution is 2.42. The Bertz CT molecular complexity index is 385. The van der Waals surface area contributed by atoms with Gasteiger partial charge in [0.05, 0.1) is 6.61 Å². The molecule has 0 spiro atoms. The molecule has 0 aromatic heterocycles. The average Bonchev–Trinajstić information content (AvgIpc) is 2.81. The highest BCUT2D eigenvalue weighted by atomic mass is 16.5. The molecule has 1 saturated carbocycles. The molecule has 2 fully saturated rings. The summed E-state index contributed by atoms with van der Waals surface area (Å²) in [5.41, 5.74) is -1.05. The topological polar surface area (TPSA) is 75.6 Å². The van der Waals surface area contributed by atoms with E-state index < -0.39 is 11.5 Å². The van der Waals surface area contributed by atoms with Gasteiger partial charge in [-0.1, -0.05) is 26.7 Å². The second-order valence-corrected chi connectivity index (χ2v) is 6.87. The smallest absolute Gasteiger partial charge is 0.331 e. The van der Waals surface area contributed by atoms with Crippen molar-refractivity contribution in [2.24, 2.45) is 11.3 Å². The van der Waals surface area contributed by atoms with Crippen LogP contribution in [0.3, 0.4) is 0 Å². The molecule has 2 atom stereocenters. The molecule has 5 heteroatoms. The highest BCUT2D eigenvalue weighted by molar-refractivity contribution is 5.87. The monoisotopic (exact) mass is 283 g/mol. The highest BCUT2D eigenvalue weighted by Gasteiger charge is 2.44. The minimum atomic E-state index is -1.21. The number of nitrogens with one attached hydrogen (secondary N) is 1. The zero-order valence-corrected chi connectivity index (χ0v) is 12.4. The maximum Gasteiger partial charge on any atom is 0.331 e. The number of ether oxygens (including phenoxy) is 1. The second-order valence-electron chi connectivity index (χ2n) is 6.87. The Kier molecular flexibility index (Phi) is 4.37. The summed E-state index contributed by atoms with van der Waals surface area (Å²) in [6.07, 6.45) is 5.34. The van der Waals surface area contributed by atoms with E-state index in [-0.39, 0.29) is 17.9 Å². The van der Waals surface area contributed by atoms with Crippen LogP contribution in [-0.2, 0) is 14.3 Å². The van der Waals surface area contributed by atoms with Crippen LogP contribution >= 0.6 is 0 Å². The van der Waals surface area contributed by atoms with E-state index in [1.165, 1.54) is 6.42 Å². The molecule has 1 aliphatic carbocycles. The van der Waals surface area contributed by atoms with E-state index in [1.54, 1.807) is 0 Å². The minimum absolute atomic E-state index is 0.0716. The van der Waals surface area contributed by atoms with Crippen molar-refractivity contribution in [1.82, 2.24) is 5.32 Å². The molecule has 0 bridgehead atoms. The predicted molar refractivity (Wildman–Crippen MR) is 74.3 cm³/mol. The Labute approximate surface area is 120 Å². The molecule has 0 aromatic carbocycles. The molecule has 1 amide bonds. The normalized spacial score (nSPS) is 32.8. The maximum atomic E-state index is 12.2. The maximum absolute atomic E-state index is 12.2. The summed E-state index contributed by atoms with van der Waals surface area (Å²) >= 11 is 0. The fourth-order valence-electron chi connectivity index (χ4n) is 3.37. The van der Waals surface area contributed by atoms with Gasteiger partial charge in [0.15, 0.2) is 5.54 Å². The van der Waals surface area contributed by atoms with Gasteiger partial charge in [-0.15, -0.1) is 0 Å². The van der Waals surface area contributed by atoms with Gasteiger partial charge in [-0.3, -0.25) is 4.79 Å². The summed E-state index contributed by atoms with van der Waals surface area (Å²) in [4.78, 5) is 23.6. The molecule has 5 nitrogen and oxygen atoms in total. The first kappa shape index (κ1) is 15.3. The standard InChI is InChI=1S/C15H25NO4/c1-14(2)6-4-3-5-11(14)9-12(17)16-15(13(18)19)7-8-20-10-15/h11H,3-10H2,1-2H3,(H,16,17)(H,18,19). The molecule has 1 aliphatic heterocycles. The summed E-state index contributed by atoms with van der Waals surface area (Å²) in [7, 11) is 0. The van der Waals surface area contributed by atoms with Gasteiger partial charge in [-0.2, -0.15) is 0 Å². The number of carboxylic acid groups (broad SMARTS) is 1. The Balaban J connectivity index is 1.96. The number of rotatable bonds is 4. The van der Waals surface area contributed by atoms with Crippen LogP contribution in [0.15, 0.2) is 0 Å². The third-order valence-electron chi connectivity index (χ3n) is 4.97. The number of hydrogen-bond acceptors (Lipinski definition) is 3. The Hall–Kier alpha value is -1.10. The van der Waals surface area contributed by atoms with Crippen LogP contribution in [0.4, 0.5) is 0 Å². The lowest BCUT2D eigenvalue weighted by atomic mass is 9.67. The fraction of sp³-hybridized carbons (Fsp3) is 0.867. The molecule has 0 radical (unpaired) electrons. The summed E-state index contributed by atoms with van der Waals surface area (Å²) in [6, 6.07) is 0. The van der Waals surface area contributed by atoms with Crippen LogP contribution in [0.2, 0.25) is 0 Å². The van der Waals surface area contributed by atoms with Gasteiger partial charge in [0.2, 0.25) is 5.91 Å². The third kappa shape index (κ3) is 3.14. The lowest BCUT2D eigenvalue weighted by molar-refractivity contribution is -0.148. The number of amides is 1. The van der Waals surface area contributed by atoms with Crippen LogP contribution in [0.1, 0.15) is 52.4 Å². The molecule has 114 valence electrons. The average molecular weight is 283 g/mol.